The summed E-state index contributed by atoms with van der Waals surface area (Å²) in [5.74, 6) is 2.44. The minimum Gasteiger partial charge on any atom is -0.497 e. The lowest BCUT2D eigenvalue weighted by molar-refractivity contribution is 0.388. The number of hydrogen-bond acceptors (Lipinski definition) is 5. The van der Waals surface area contributed by atoms with Crippen LogP contribution >= 0.6 is 7.60 Å². The van der Waals surface area contributed by atoms with E-state index in [0.29, 0.717) is 23.0 Å². The normalized spacial score (nSPS) is 11.7. The van der Waals surface area contributed by atoms with Gasteiger partial charge in [0, 0.05) is 11.6 Å². The zero-order chi connectivity index (χ0) is 24.9. The van der Waals surface area contributed by atoms with E-state index < -0.39 is 7.60 Å². The molecule has 3 aromatic carbocycles. The number of ether oxygens (including phenoxy) is 2. The van der Waals surface area contributed by atoms with Crippen LogP contribution in [0.5, 0.6) is 23.0 Å². The molecule has 0 fully saturated rings. The zero-order valence-corrected chi connectivity index (χ0v) is 21.7. The minimum atomic E-state index is -3.58. The summed E-state index contributed by atoms with van der Waals surface area (Å²) in [4.78, 5) is 0. The van der Waals surface area contributed by atoms with Gasteiger partial charge in [-0.3, -0.25) is 0 Å². The number of hydrogen-bond donors (Lipinski definition) is 0. The number of unbranched alkanes of at least 4 members (excludes halogenated alkanes) is 3. The molecule has 0 aliphatic carbocycles. The molecule has 3 rings (SSSR count). The van der Waals surface area contributed by atoms with Crippen LogP contribution in [0, 0.1) is 0 Å². The average Bonchev–Trinajstić information content (AvgIpc) is 2.87. The Bertz CT molecular complexity index is 1070. The van der Waals surface area contributed by atoms with Crippen molar-refractivity contribution < 1.29 is 23.1 Å². The Kier molecular flexibility index (Phi) is 10.3. The standard InChI is InChI=1S/C29H35O5P/c1-4-5-6-9-14-24(21-25-19-20-28(31-2)22-29(25)32-3)23-35(30,33-26-15-10-7-11-16-26)34-27-17-12-8-13-18-27/h7-8,10-13,15-22H,4-6,9,14,23H2,1-3H3/b24-21+. The minimum absolute atomic E-state index is 0.165. The summed E-state index contributed by atoms with van der Waals surface area (Å²) in [6, 6.07) is 24.0. The van der Waals surface area contributed by atoms with Crippen LogP contribution in [0.1, 0.15) is 44.6 Å². The van der Waals surface area contributed by atoms with Crippen LogP contribution in [0.4, 0.5) is 0 Å². The van der Waals surface area contributed by atoms with E-state index in [0.717, 1.165) is 43.2 Å². The van der Waals surface area contributed by atoms with E-state index in [1.807, 2.05) is 60.7 Å². The highest BCUT2D eigenvalue weighted by atomic mass is 31.2. The summed E-state index contributed by atoms with van der Waals surface area (Å²) in [7, 11) is -0.324. The fourth-order valence-corrected chi connectivity index (χ4v) is 5.55. The molecule has 0 N–H and O–H groups in total. The first-order valence-electron chi connectivity index (χ1n) is 12.0. The average molecular weight is 495 g/mol. The van der Waals surface area contributed by atoms with Gasteiger partial charge in [0.1, 0.15) is 23.0 Å². The molecule has 0 aromatic heterocycles. The maximum Gasteiger partial charge on any atom is 0.434 e. The summed E-state index contributed by atoms with van der Waals surface area (Å²) in [6.07, 6.45) is 7.41. The van der Waals surface area contributed by atoms with Gasteiger partial charge >= 0.3 is 7.60 Å². The van der Waals surface area contributed by atoms with Crippen molar-refractivity contribution in [2.75, 3.05) is 20.4 Å². The smallest absolute Gasteiger partial charge is 0.434 e. The van der Waals surface area contributed by atoms with Gasteiger partial charge in [-0.25, -0.2) is 4.57 Å². The third-order valence-corrected chi connectivity index (χ3v) is 7.30. The number of allylic oxidation sites excluding steroid dienone is 1. The highest BCUT2D eigenvalue weighted by molar-refractivity contribution is 7.55. The topological polar surface area (TPSA) is 54.0 Å². The quantitative estimate of drug-likeness (QED) is 0.166. The van der Waals surface area contributed by atoms with Crippen molar-refractivity contribution in [3.05, 3.63) is 90.0 Å². The monoisotopic (exact) mass is 494 g/mol. The lowest BCUT2D eigenvalue weighted by atomic mass is 10.0. The second-order valence-electron chi connectivity index (χ2n) is 8.30. The molecule has 0 aliphatic rings. The summed E-state index contributed by atoms with van der Waals surface area (Å²) < 4.78 is 37.2. The molecule has 186 valence electrons. The molecule has 0 unspecified atom stereocenters. The van der Waals surface area contributed by atoms with E-state index in [-0.39, 0.29) is 6.16 Å². The van der Waals surface area contributed by atoms with Crippen molar-refractivity contribution >= 4 is 13.7 Å². The lowest BCUT2D eigenvalue weighted by Crippen LogP contribution is -2.08. The van der Waals surface area contributed by atoms with Crippen LogP contribution in [-0.4, -0.2) is 20.4 Å². The molecule has 0 bridgehead atoms. The van der Waals surface area contributed by atoms with Gasteiger partial charge in [0.2, 0.25) is 0 Å². The van der Waals surface area contributed by atoms with Crippen molar-refractivity contribution in [3.8, 4) is 23.0 Å². The van der Waals surface area contributed by atoms with Gasteiger partial charge in [-0.2, -0.15) is 0 Å². The Hall–Kier alpha value is -3.17. The van der Waals surface area contributed by atoms with Gasteiger partial charge in [-0.15, -0.1) is 0 Å². The predicted molar refractivity (Wildman–Crippen MR) is 143 cm³/mol. The number of benzene rings is 3. The fraction of sp³-hybridized carbons (Fsp3) is 0.310. The molecule has 0 radical (unpaired) electrons. The molecule has 6 heteroatoms. The molecule has 0 saturated heterocycles. The molecule has 0 heterocycles. The van der Waals surface area contributed by atoms with E-state index in [4.69, 9.17) is 18.5 Å². The van der Waals surface area contributed by atoms with Crippen molar-refractivity contribution in [1.82, 2.24) is 0 Å². The third-order valence-electron chi connectivity index (χ3n) is 5.52. The molecular formula is C29H35O5P. The number of rotatable bonds is 14. The van der Waals surface area contributed by atoms with Gasteiger partial charge in [0.05, 0.1) is 20.4 Å². The highest BCUT2D eigenvalue weighted by Gasteiger charge is 2.30. The van der Waals surface area contributed by atoms with Crippen LogP contribution in [0.3, 0.4) is 0 Å². The lowest BCUT2D eigenvalue weighted by Gasteiger charge is -2.22. The van der Waals surface area contributed by atoms with Crippen molar-refractivity contribution in [2.45, 2.75) is 39.0 Å². The Morgan fingerprint density at radius 2 is 1.40 bits per heavy atom. The first-order valence-corrected chi connectivity index (χ1v) is 13.8. The molecule has 5 nitrogen and oxygen atoms in total. The Balaban J connectivity index is 1.95. The number of methoxy groups -OCH3 is 2. The van der Waals surface area contributed by atoms with Crippen LogP contribution in [0.2, 0.25) is 0 Å². The Morgan fingerprint density at radius 3 is 1.94 bits per heavy atom. The fourth-order valence-electron chi connectivity index (χ4n) is 3.75. The van der Waals surface area contributed by atoms with Crippen LogP contribution in [0.15, 0.2) is 84.4 Å². The molecule has 0 spiro atoms. The summed E-state index contributed by atoms with van der Waals surface area (Å²) in [5, 5.41) is 0. The van der Waals surface area contributed by atoms with Gasteiger partial charge in [-0.1, -0.05) is 74.2 Å². The molecule has 3 aromatic rings. The molecule has 0 amide bonds. The van der Waals surface area contributed by atoms with Crippen LogP contribution in [0.25, 0.3) is 6.08 Å². The maximum absolute atomic E-state index is 14.2. The van der Waals surface area contributed by atoms with Crippen molar-refractivity contribution in [3.63, 3.8) is 0 Å². The molecule has 0 atom stereocenters. The second-order valence-corrected chi connectivity index (χ2v) is 10.2. The Morgan fingerprint density at radius 1 is 0.771 bits per heavy atom. The largest absolute Gasteiger partial charge is 0.497 e. The molecular weight excluding hydrogens is 459 g/mol. The molecule has 0 aliphatic heterocycles. The molecule has 35 heavy (non-hydrogen) atoms. The van der Waals surface area contributed by atoms with Gasteiger partial charge < -0.3 is 18.5 Å². The van der Waals surface area contributed by atoms with Gasteiger partial charge in [-0.05, 0) is 49.2 Å². The SMILES string of the molecule is CCCCCC/C(=C\c1ccc(OC)cc1OC)CP(=O)(Oc1ccccc1)Oc1ccccc1. The highest BCUT2D eigenvalue weighted by Crippen LogP contribution is 2.50. The Labute approximate surface area is 209 Å². The van der Waals surface area contributed by atoms with E-state index in [1.54, 1.807) is 38.5 Å². The van der Waals surface area contributed by atoms with E-state index in [2.05, 4.69) is 6.92 Å². The van der Waals surface area contributed by atoms with E-state index in [9.17, 15) is 4.57 Å². The predicted octanol–water partition coefficient (Wildman–Crippen LogP) is 8.41. The third kappa shape index (κ3) is 8.52. The zero-order valence-electron chi connectivity index (χ0n) is 20.8. The second kappa shape index (κ2) is 13.7. The summed E-state index contributed by atoms with van der Waals surface area (Å²) in [5.41, 5.74) is 1.88. The summed E-state index contributed by atoms with van der Waals surface area (Å²) >= 11 is 0. The maximum atomic E-state index is 14.2. The van der Waals surface area contributed by atoms with Crippen LogP contribution in [-0.2, 0) is 4.57 Å². The first-order chi connectivity index (χ1) is 17.0. The van der Waals surface area contributed by atoms with Crippen LogP contribution < -0.4 is 18.5 Å². The van der Waals surface area contributed by atoms with E-state index in [1.165, 1.54) is 0 Å². The first kappa shape index (κ1) is 26.4. The summed E-state index contributed by atoms with van der Waals surface area (Å²) in [6.45, 7) is 2.19. The van der Waals surface area contributed by atoms with Crippen molar-refractivity contribution in [2.24, 2.45) is 0 Å². The van der Waals surface area contributed by atoms with E-state index >= 15 is 0 Å². The van der Waals surface area contributed by atoms with Gasteiger partial charge in [0.15, 0.2) is 0 Å². The molecule has 0 saturated carbocycles. The van der Waals surface area contributed by atoms with Gasteiger partial charge in [0.25, 0.3) is 0 Å². The van der Waals surface area contributed by atoms with Crippen molar-refractivity contribution in [1.29, 1.82) is 0 Å². The number of para-hydroxylation sites is 2.